The monoisotopic (exact) mass is 218 g/mol. The Balaban J connectivity index is 2.51. The van der Waals surface area contributed by atoms with Crippen LogP contribution in [0.4, 0.5) is 0 Å². The van der Waals surface area contributed by atoms with Crippen molar-refractivity contribution in [1.82, 2.24) is 5.32 Å². The van der Waals surface area contributed by atoms with Gasteiger partial charge in [0.15, 0.2) is 0 Å². The van der Waals surface area contributed by atoms with Crippen LogP contribution in [0, 0.1) is 0 Å². The topological polar surface area (TPSA) is 55.1 Å². The molecule has 3 N–H and O–H groups in total. The molecule has 16 heavy (non-hydrogen) atoms. The molecule has 1 amide bonds. The zero-order valence-electron chi connectivity index (χ0n) is 9.79. The van der Waals surface area contributed by atoms with E-state index in [4.69, 9.17) is 5.73 Å². The molecule has 0 spiro atoms. The summed E-state index contributed by atoms with van der Waals surface area (Å²) in [6.07, 6.45) is 2.12. The lowest BCUT2D eigenvalue weighted by Gasteiger charge is -2.04. The molecule has 3 heteroatoms. The van der Waals surface area contributed by atoms with Crippen molar-refractivity contribution in [3.8, 4) is 0 Å². The van der Waals surface area contributed by atoms with Crippen LogP contribution in [0.2, 0.25) is 0 Å². The van der Waals surface area contributed by atoms with Crippen LogP contribution in [0.25, 0.3) is 0 Å². The van der Waals surface area contributed by atoms with Crippen LogP contribution in [0.15, 0.2) is 35.9 Å². The highest BCUT2D eigenvalue weighted by Crippen LogP contribution is 2.04. The van der Waals surface area contributed by atoms with Gasteiger partial charge < -0.3 is 11.1 Å². The lowest BCUT2D eigenvalue weighted by Crippen LogP contribution is -2.15. The summed E-state index contributed by atoms with van der Waals surface area (Å²) in [6.45, 7) is 5.71. The number of carbonyl (C=O) groups excluding carboxylic acids is 1. The molecule has 0 aromatic heterocycles. The molecule has 0 unspecified atom stereocenters. The number of allylic oxidation sites excluding steroid dienone is 1. The van der Waals surface area contributed by atoms with E-state index in [1.165, 1.54) is 5.57 Å². The molecule has 0 aliphatic carbocycles. The lowest BCUT2D eigenvalue weighted by atomic mass is 10.1. The summed E-state index contributed by atoms with van der Waals surface area (Å²) in [6, 6.07) is 7.36. The predicted octanol–water partition coefficient (Wildman–Crippen LogP) is 1.84. The van der Waals surface area contributed by atoms with Gasteiger partial charge in [0.1, 0.15) is 0 Å². The van der Waals surface area contributed by atoms with Crippen molar-refractivity contribution >= 4 is 5.91 Å². The quantitative estimate of drug-likeness (QED) is 0.585. The molecule has 0 radical (unpaired) electrons. The molecule has 0 aliphatic rings. The molecule has 0 bridgehead atoms. The van der Waals surface area contributed by atoms with Gasteiger partial charge in [-0.2, -0.15) is 0 Å². The average molecular weight is 218 g/mol. The van der Waals surface area contributed by atoms with E-state index >= 15 is 0 Å². The maximum Gasteiger partial charge on any atom is 0.248 e. The van der Waals surface area contributed by atoms with Crippen molar-refractivity contribution in [3.05, 3.63) is 47.0 Å². The third-order valence-corrected chi connectivity index (χ3v) is 2.20. The minimum absolute atomic E-state index is 0.383. The van der Waals surface area contributed by atoms with Gasteiger partial charge >= 0.3 is 0 Å². The average Bonchev–Trinajstić information content (AvgIpc) is 2.24. The van der Waals surface area contributed by atoms with E-state index in [0.717, 1.165) is 18.7 Å². The second kappa shape index (κ2) is 6.08. The fourth-order valence-corrected chi connectivity index (χ4v) is 1.33. The molecule has 0 atom stereocenters. The van der Waals surface area contributed by atoms with Crippen molar-refractivity contribution in [2.24, 2.45) is 5.73 Å². The zero-order chi connectivity index (χ0) is 12.0. The molecule has 1 aromatic rings. The Kier molecular flexibility index (Phi) is 4.73. The first kappa shape index (κ1) is 12.5. The Morgan fingerprint density at radius 2 is 2.19 bits per heavy atom. The summed E-state index contributed by atoms with van der Waals surface area (Å²) in [5, 5.41) is 3.27. The van der Waals surface area contributed by atoms with E-state index in [0.29, 0.717) is 5.56 Å². The van der Waals surface area contributed by atoms with Crippen LogP contribution in [0.3, 0.4) is 0 Å². The molecule has 1 aromatic carbocycles. The lowest BCUT2D eigenvalue weighted by molar-refractivity contribution is 0.1000. The molecule has 0 fully saturated rings. The van der Waals surface area contributed by atoms with E-state index < -0.39 is 0 Å². The summed E-state index contributed by atoms with van der Waals surface area (Å²) in [5.41, 5.74) is 8.12. The molecule has 0 saturated carbocycles. The summed E-state index contributed by atoms with van der Waals surface area (Å²) in [7, 11) is 0. The third kappa shape index (κ3) is 4.28. The highest BCUT2D eigenvalue weighted by atomic mass is 16.1. The smallest absolute Gasteiger partial charge is 0.248 e. The van der Waals surface area contributed by atoms with Crippen LogP contribution in [0.1, 0.15) is 29.8 Å². The Labute approximate surface area is 96.3 Å². The minimum atomic E-state index is -0.383. The standard InChI is InChI=1S/C13H18N2O/c1-10(2)6-7-15-9-11-4-3-5-12(8-11)13(14)16/h3-6,8,15H,7,9H2,1-2H3,(H2,14,16). The first-order valence-electron chi connectivity index (χ1n) is 5.32. The van der Waals surface area contributed by atoms with Crippen molar-refractivity contribution in [2.45, 2.75) is 20.4 Å². The molecule has 0 heterocycles. The first-order valence-corrected chi connectivity index (χ1v) is 5.32. The number of nitrogens with one attached hydrogen (secondary N) is 1. The third-order valence-electron chi connectivity index (χ3n) is 2.20. The molecular weight excluding hydrogens is 200 g/mol. The fraction of sp³-hybridized carbons (Fsp3) is 0.308. The van der Waals surface area contributed by atoms with Gasteiger partial charge in [0.2, 0.25) is 5.91 Å². The van der Waals surface area contributed by atoms with Gasteiger partial charge in [0, 0.05) is 18.7 Å². The van der Waals surface area contributed by atoms with Crippen LogP contribution < -0.4 is 11.1 Å². The summed E-state index contributed by atoms with van der Waals surface area (Å²) < 4.78 is 0. The van der Waals surface area contributed by atoms with Gasteiger partial charge in [-0.15, -0.1) is 0 Å². The number of primary amides is 1. The van der Waals surface area contributed by atoms with Crippen molar-refractivity contribution in [3.63, 3.8) is 0 Å². The Bertz CT molecular complexity index is 393. The number of hydrogen-bond donors (Lipinski definition) is 2. The van der Waals surface area contributed by atoms with Crippen LogP contribution in [0.5, 0.6) is 0 Å². The van der Waals surface area contributed by atoms with Crippen molar-refractivity contribution in [2.75, 3.05) is 6.54 Å². The Morgan fingerprint density at radius 3 is 2.81 bits per heavy atom. The van der Waals surface area contributed by atoms with E-state index in [9.17, 15) is 4.79 Å². The van der Waals surface area contributed by atoms with Gasteiger partial charge in [0.25, 0.3) is 0 Å². The summed E-state index contributed by atoms with van der Waals surface area (Å²) in [5.74, 6) is -0.383. The normalized spacial score (nSPS) is 9.88. The zero-order valence-corrected chi connectivity index (χ0v) is 9.79. The number of hydrogen-bond acceptors (Lipinski definition) is 2. The predicted molar refractivity (Wildman–Crippen MR) is 66.1 cm³/mol. The number of nitrogens with two attached hydrogens (primary N) is 1. The maximum absolute atomic E-state index is 11.0. The van der Waals surface area contributed by atoms with Crippen molar-refractivity contribution < 1.29 is 4.79 Å². The largest absolute Gasteiger partial charge is 0.366 e. The SMILES string of the molecule is CC(C)=CCNCc1cccc(C(N)=O)c1. The molecule has 0 saturated heterocycles. The molecule has 86 valence electrons. The number of benzene rings is 1. The van der Waals surface area contributed by atoms with Gasteiger partial charge in [-0.3, -0.25) is 4.79 Å². The second-order valence-electron chi connectivity index (χ2n) is 3.98. The highest BCUT2D eigenvalue weighted by molar-refractivity contribution is 5.92. The maximum atomic E-state index is 11.0. The van der Waals surface area contributed by atoms with E-state index in [-0.39, 0.29) is 5.91 Å². The fourth-order valence-electron chi connectivity index (χ4n) is 1.33. The van der Waals surface area contributed by atoms with E-state index in [1.807, 2.05) is 18.2 Å². The van der Waals surface area contributed by atoms with E-state index in [2.05, 4.69) is 25.2 Å². The summed E-state index contributed by atoms with van der Waals surface area (Å²) in [4.78, 5) is 11.0. The van der Waals surface area contributed by atoms with Crippen molar-refractivity contribution in [1.29, 1.82) is 0 Å². The first-order chi connectivity index (χ1) is 7.59. The second-order valence-corrected chi connectivity index (χ2v) is 3.98. The molecule has 0 aliphatic heterocycles. The highest BCUT2D eigenvalue weighted by Gasteiger charge is 2.00. The van der Waals surface area contributed by atoms with Crippen LogP contribution in [-0.2, 0) is 6.54 Å². The van der Waals surface area contributed by atoms with Gasteiger partial charge in [-0.25, -0.2) is 0 Å². The van der Waals surface area contributed by atoms with E-state index in [1.54, 1.807) is 6.07 Å². The number of amides is 1. The Hall–Kier alpha value is -1.61. The van der Waals surface area contributed by atoms with Gasteiger partial charge in [0.05, 0.1) is 0 Å². The minimum Gasteiger partial charge on any atom is -0.366 e. The number of carbonyl (C=O) groups is 1. The Morgan fingerprint density at radius 1 is 1.44 bits per heavy atom. The summed E-state index contributed by atoms with van der Waals surface area (Å²) >= 11 is 0. The molecular formula is C13H18N2O. The molecule has 1 rings (SSSR count). The van der Waals surface area contributed by atoms with Crippen LogP contribution in [-0.4, -0.2) is 12.5 Å². The molecule has 3 nitrogen and oxygen atoms in total. The van der Waals surface area contributed by atoms with Crippen LogP contribution >= 0.6 is 0 Å². The van der Waals surface area contributed by atoms with Gasteiger partial charge in [-0.1, -0.05) is 23.8 Å². The number of rotatable bonds is 5. The van der Waals surface area contributed by atoms with Gasteiger partial charge in [-0.05, 0) is 31.5 Å².